The molecular weight excluding hydrogens is 266 g/mol. The molecule has 0 aromatic carbocycles. The van der Waals surface area contributed by atoms with E-state index in [0.717, 1.165) is 6.42 Å². The van der Waals surface area contributed by atoms with E-state index in [9.17, 15) is 8.42 Å². The molecule has 19 heavy (non-hydrogen) atoms. The molecule has 0 bridgehead atoms. The zero-order valence-electron chi connectivity index (χ0n) is 12.3. The van der Waals surface area contributed by atoms with Gasteiger partial charge in [0.15, 0.2) is 0 Å². The summed E-state index contributed by atoms with van der Waals surface area (Å²) in [6, 6.07) is 0. The zero-order chi connectivity index (χ0) is 14.6. The first-order valence-corrected chi connectivity index (χ1v) is 8.50. The molecule has 0 saturated carbocycles. The topological polar surface area (TPSA) is 78.6 Å². The lowest BCUT2D eigenvalue weighted by atomic mass is 9.83. The third-order valence-corrected chi connectivity index (χ3v) is 4.48. The van der Waals surface area contributed by atoms with E-state index in [2.05, 4.69) is 20.8 Å². The molecule has 0 radical (unpaired) electrons. The first-order chi connectivity index (χ1) is 8.62. The zero-order valence-corrected chi connectivity index (χ0v) is 13.1. The molecule has 0 aromatic heterocycles. The molecule has 1 rings (SSSR count). The number of hydrogen-bond donors (Lipinski definition) is 1. The molecule has 0 amide bonds. The summed E-state index contributed by atoms with van der Waals surface area (Å²) in [7, 11) is -3.48. The Hall–Kier alpha value is -0.170. The molecule has 6 heteroatoms. The standard InChI is InChI=1S/C13H27NO4S/c1-12(2,3)4-7-18-10-13(11-19(14,15)16)5-8-17-9-6-13/h4-11H2,1-3H3,(H2,14,15,16). The fourth-order valence-electron chi connectivity index (χ4n) is 2.23. The van der Waals surface area contributed by atoms with Crippen molar-refractivity contribution < 1.29 is 17.9 Å². The molecule has 5 nitrogen and oxygen atoms in total. The van der Waals surface area contributed by atoms with E-state index in [1.54, 1.807) is 0 Å². The van der Waals surface area contributed by atoms with Crippen molar-refractivity contribution in [3.05, 3.63) is 0 Å². The summed E-state index contributed by atoms with van der Waals surface area (Å²) in [6.45, 7) is 8.73. The van der Waals surface area contributed by atoms with Crippen LogP contribution in [0, 0.1) is 10.8 Å². The summed E-state index contributed by atoms with van der Waals surface area (Å²) in [6.07, 6.45) is 2.34. The quantitative estimate of drug-likeness (QED) is 0.753. The number of rotatable bonds is 6. The molecule has 1 saturated heterocycles. The van der Waals surface area contributed by atoms with Crippen LogP contribution in [-0.2, 0) is 19.5 Å². The van der Waals surface area contributed by atoms with Crippen molar-refractivity contribution in [2.24, 2.45) is 16.0 Å². The van der Waals surface area contributed by atoms with Gasteiger partial charge in [0, 0.05) is 25.2 Å². The summed E-state index contributed by atoms with van der Waals surface area (Å²) in [4.78, 5) is 0. The van der Waals surface area contributed by atoms with Gasteiger partial charge in [-0.15, -0.1) is 0 Å². The second-order valence-electron chi connectivity index (χ2n) is 6.78. The summed E-state index contributed by atoms with van der Waals surface area (Å²) in [5.41, 5.74) is -0.146. The average molecular weight is 293 g/mol. The minimum Gasteiger partial charge on any atom is -0.381 e. The van der Waals surface area contributed by atoms with Gasteiger partial charge >= 0.3 is 0 Å². The first kappa shape index (κ1) is 16.9. The molecule has 0 aromatic rings. The van der Waals surface area contributed by atoms with Crippen molar-refractivity contribution in [1.29, 1.82) is 0 Å². The van der Waals surface area contributed by atoms with Crippen LogP contribution in [0.4, 0.5) is 0 Å². The average Bonchev–Trinajstić information content (AvgIpc) is 2.22. The van der Waals surface area contributed by atoms with E-state index in [4.69, 9.17) is 14.6 Å². The summed E-state index contributed by atoms with van der Waals surface area (Å²) in [5.74, 6) is -0.0150. The largest absolute Gasteiger partial charge is 0.381 e. The minimum atomic E-state index is -3.48. The van der Waals surface area contributed by atoms with Crippen molar-refractivity contribution in [3.8, 4) is 0 Å². The molecule has 1 heterocycles. The Kier molecular flexibility index (Phi) is 5.79. The number of sulfonamides is 1. The SMILES string of the molecule is CC(C)(C)CCOCC1(CS(N)(=O)=O)CCOCC1. The number of hydrogen-bond acceptors (Lipinski definition) is 4. The molecule has 0 aliphatic carbocycles. The molecule has 114 valence electrons. The van der Waals surface area contributed by atoms with Crippen LogP contribution in [0.2, 0.25) is 0 Å². The van der Waals surface area contributed by atoms with Crippen molar-refractivity contribution in [1.82, 2.24) is 0 Å². The van der Waals surface area contributed by atoms with Gasteiger partial charge in [-0.1, -0.05) is 20.8 Å². The Morgan fingerprint density at radius 3 is 2.32 bits per heavy atom. The Labute approximate surface area is 116 Å². The number of primary sulfonamides is 1. The van der Waals surface area contributed by atoms with Gasteiger partial charge in [0.25, 0.3) is 0 Å². The lowest BCUT2D eigenvalue weighted by molar-refractivity contribution is -0.0318. The second kappa shape index (κ2) is 6.52. The molecular formula is C13H27NO4S. The van der Waals surface area contributed by atoms with Gasteiger partial charge in [0.05, 0.1) is 12.4 Å². The predicted octanol–water partition coefficient (Wildman–Crippen LogP) is 1.52. The van der Waals surface area contributed by atoms with Gasteiger partial charge in [0.2, 0.25) is 10.0 Å². The van der Waals surface area contributed by atoms with Gasteiger partial charge in [0.1, 0.15) is 0 Å². The maximum Gasteiger partial charge on any atom is 0.209 e. The van der Waals surface area contributed by atoms with Crippen molar-refractivity contribution in [3.63, 3.8) is 0 Å². The smallest absolute Gasteiger partial charge is 0.209 e. The van der Waals surface area contributed by atoms with Crippen LogP contribution in [0.25, 0.3) is 0 Å². The second-order valence-corrected chi connectivity index (χ2v) is 8.40. The molecule has 0 atom stereocenters. The van der Waals surface area contributed by atoms with Gasteiger partial charge in [-0.2, -0.15) is 0 Å². The van der Waals surface area contributed by atoms with Crippen LogP contribution >= 0.6 is 0 Å². The van der Waals surface area contributed by atoms with Gasteiger partial charge < -0.3 is 9.47 Å². The van der Waals surface area contributed by atoms with E-state index in [-0.39, 0.29) is 16.6 Å². The fraction of sp³-hybridized carbons (Fsp3) is 1.00. The van der Waals surface area contributed by atoms with Crippen molar-refractivity contribution in [2.45, 2.75) is 40.0 Å². The highest BCUT2D eigenvalue weighted by atomic mass is 32.2. The van der Waals surface area contributed by atoms with Crippen LogP contribution in [-0.4, -0.2) is 40.6 Å². The van der Waals surface area contributed by atoms with E-state index < -0.39 is 10.0 Å². The third-order valence-electron chi connectivity index (χ3n) is 3.47. The number of nitrogens with two attached hydrogens (primary N) is 1. The van der Waals surface area contributed by atoms with Crippen molar-refractivity contribution in [2.75, 3.05) is 32.2 Å². The summed E-state index contributed by atoms with van der Waals surface area (Å²) in [5, 5.41) is 5.20. The van der Waals surface area contributed by atoms with Crippen LogP contribution in [0.15, 0.2) is 0 Å². The lowest BCUT2D eigenvalue weighted by Crippen LogP contribution is -2.42. The highest BCUT2D eigenvalue weighted by molar-refractivity contribution is 7.89. The summed E-state index contributed by atoms with van der Waals surface area (Å²) < 4.78 is 33.8. The van der Waals surface area contributed by atoms with Gasteiger partial charge in [-0.25, -0.2) is 13.6 Å². The van der Waals surface area contributed by atoms with Crippen LogP contribution in [0.3, 0.4) is 0 Å². The highest BCUT2D eigenvalue weighted by Crippen LogP contribution is 2.32. The molecule has 0 unspecified atom stereocenters. The van der Waals surface area contributed by atoms with E-state index >= 15 is 0 Å². The Balaban J connectivity index is 2.51. The number of ether oxygens (including phenoxy) is 2. The minimum absolute atomic E-state index is 0.0150. The normalized spacial score (nSPS) is 20.4. The fourth-order valence-corrected chi connectivity index (χ4v) is 3.45. The van der Waals surface area contributed by atoms with Gasteiger partial charge in [-0.3, -0.25) is 0 Å². The third kappa shape index (κ3) is 7.25. The van der Waals surface area contributed by atoms with E-state index in [0.29, 0.717) is 39.3 Å². The Bertz CT molecular complexity index is 367. The predicted molar refractivity (Wildman–Crippen MR) is 75.4 cm³/mol. The van der Waals surface area contributed by atoms with Crippen LogP contribution in [0.1, 0.15) is 40.0 Å². The van der Waals surface area contributed by atoms with Crippen LogP contribution < -0.4 is 5.14 Å². The Morgan fingerprint density at radius 1 is 1.26 bits per heavy atom. The lowest BCUT2D eigenvalue weighted by Gasteiger charge is -2.36. The molecule has 1 aliphatic heterocycles. The monoisotopic (exact) mass is 293 g/mol. The molecule has 1 fully saturated rings. The summed E-state index contributed by atoms with van der Waals surface area (Å²) >= 11 is 0. The Morgan fingerprint density at radius 2 is 1.84 bits per heavy atom. The van der Waals surface area contributed by atoms with E-state index in [1.165, 1.54) is 0 Å². The molecule has 2 N–H and O–H groups in total. The van der Waals surface area contributed by atoms with Crippen molar-refractivity contribution >= 4 is 10.0 Å². The maximum absolute atomic E-state index is 11.4. The molecule has 1 aliphatic rings. The first-order valence-electron chi connectivity index (χ1n) is 6.78. The van der Waals surface area contributed by atoms with E-state index in [1.807, 2.05) is 0 Å². The maximum atomic E-state index is 11.4. The van der Waals surface area contributed by atoms with Gasteiger partial charge in [-0.05, 0) is 24.7 Å². The highest BCUT2D eigenvalue weighted by Gasteiger charge is 2.36. The molecule has 0 spiro atoms. The van der Waals surface area contributed by atoms with Crippen LogP contribution in [0.5, 0.6) is 0 Å².